The van der Waals surface area contributed by atoms with E-state index in [1.54, 1.807) is 6.07 Å². The molecule has 0 unspecified atom stereocenters. The van der Waals surface area contributed by atoms with Gasteiger partial charge in [-0.15, -0.1) is 0 Å². The second-order valence-corrected chi connectivity index (χ2v) is 5.32. The summed E-state index contributed by atoms with van der Waals surface area (Å²) in [5, 5.41) is 5.32. The molecule has 1 heterocycles. The fourth-order valence-corrected chi connectivity index (χ4v) is 1.92. The summed E-state index contributed by atoms with van der Waals surface area (Å²) < 4.78 is 1.09. The minimum absolute atomic E-state index is 0.229. The first kappa shape index (κ1) is 14.4. The molecule has 0 atom stereocenters. The highest BCUT2D eigenvalue weighted by Crippen LogP contribution is 2.13. The van der Waals surface area contributed by atoms with Gasteiger partial charge < -0.3 is 10.6 Å². The predicted octanol–water partition coefficient (Wildman–Crippen LogP) is 2.90. The number of aromatic nitrogens is 1. The topological polar surface area (TPSA) is 71.1 Å². The summed E-state index contributed by atoms with van der Waals surface area (Å²) in [4.78, 5) is 27.0. The van der Waals surface area contributed by atoms with Gasteiger partial charge >= 0.3 is 0 Å². The normalized spacial score (nSPS) is 9.90. The van der Waals surface area contributed by atoms with Crippen molar-refractivity contribution in [1.82, 2.24) is 4.98 Å². The van der Waals surface area contributed by atoms with Crippen LogP contribution < -0.4 is 10.6 Å². The average molecular weight is 381 g/mol. The zero-order valence-electron chi connectivity index (χ0n) is 10.7. The van der Waals surface area contributed by atoms with E-state index in [0.717, 1.165) is 3.57 Å². The van der Waals surface area contributed by atoms with Crippen molar-refractivity contribution >= 4 is 45.9 Å². The molecule has 0 radical (unpaired) electrons. The van der Waals surface area contributed by atoms with Gasteiger partial charge in [-0.3, -0.25) is 9.59 Å². The molecule has 0 saturated heterocycles. The van der Waals surface area contributed by atoms with E-state index in [0.29, 0.717) is 17.1 Å². The lowest BCUT2D eigenvalue weighted by Crippen LogP contribution is -2.13. The number of anilines is 2. The Morgan fingerprint density at radius 2 is 1.80 bits per heavy atom. The van der Waals surface area contributed by atoms with E-state index in [4.69, 9.17) is 0 Å². The van der Waals surface area contributed by atoms with Crippen molar-refractivity contribution in [2.45, 2.75) is 6.92 Å². The summed E-state index contributed by atoms with van der Waals surface area (Å²) >= 11 is 2.20. The van der Waals surface area contributed by atoms with Crippen molar-refractivity contribution < 1.29 is 9.59 Å². The van der Waals surface area contributed by atoms with E-state index in [1.165, 1.54) is 19.2 Å². The van der Waals surface area contributed by atoms with E-state index < -0.39 is 0 Å². The van der Waals surface area contributed by atoms with Gasteiger partial charge in [-0.2, -0.15) is 0 Å². The smallest absolute Gasteiger partial charge is 0.255 e. The van der Waals surface area contributed by atoms with Crippen LogP contribution in [0.5, 0.6) is 0 Å². The van der Waals surface area contributed by atoms with Crippen molar-refractivity contribution in [2.75, 3.05) is 10.6 Å². The molecule has 0 spiro atoms. The SMILES string of the molecule is CC(=O)Nc1cc(C(=O)Nc2ccc(I)cc2)ccn1. The minimum atomic E-state index is -0.250. The van der Waals surface area contributed by atoms with E-state index in [-0.39, 0.29) is 11.8 Å². The lowest BCUT2D eigenvalue weighted by atomic mass is 10.2. The summed E-state index contributed by atoms with van der Waals surface area (Å²) in [6.07, 6.45) is 1.48. The van der Waals surface area contributed by atoms with Crippen molar-refractivity contribution in [3.8, 4) is 0 Å². The second kappa shape index (κ2) is 6.47. The first-order valence-corrected chi connectivity index (χ1v) is 6.93. The number of nitrogens with one attached hydrogen (secondary N) is 2. The number of carbonyl (C=O) groups excluding carboxylic acids is 2. The zero-order chi connectivity index (χ0) is 14.5. The van der Waals surface area contributed by atoms with Crippen LogP contribution in [-0.2, 0) is 4.79 Å². The van der Waals surface area contributed by atoms with Crippen LogP contribution in [0, 0.1) is 3.57 Å². The number of carbonyl (C=O) groups is 2. The maximum Gasteiger partial charge on any atom is 0.255 e. The van der Waals surface area contributed by atoms with E-state index in [2.05, 4.69) is 38.2 Å². The highest BCUT2D eigenvalue weighted by atomic mass is 127. The number of halogens is 1. The van der Waals surface area contributed by atoms with Crippen LogP contribution in [0.3, 0.4) is 0 Å². The van der Waals surface area contributed by atoms with Crippen molar-refractivity contribution in [1.29, 1.82) is 0 Å². The third kappa shape index (κ3) is 4.02. The molecule has 6 heteroatoms. The molecule has 102 valence electrons. The average Bonchev–Trinajstić information content (AvgIpc) is 2.41. The molecule has 0 saturated carbocycles. The molecule has 2 rings (SSSR count). The molecular formula is C14H12IN3O2. The van der Waals surface area contributed by atoms with Gasteiger partial charge in [0.05, 0.1) is 0 Å². The van der Waals surface area contributed by atoms with E-state index in [9.17, 15) is 9.59 Å². The fourth-order valence-electron chi connectivity index (χ4n) is 1.56. The van der Waals surface area contributed by atoms with E-state index in [1.807, 2.05) is 24.3 Å². The fraction of sp³-hybridized carbons (Fsp3) is 0.0714. The number of rotatable bonds is 3. The van der Waals surface area contributed by atoms with E-state index >= 15 is 0 Å². The maximum atomic E-state index is 12.1. The first-order valence-electron chi connectivity index (χ1n) is 5.85. The Labute approximate surface area is 129 Å². The summed E-state index contributed by atoms with van der Waals surface area (Å²) in [5.41, 5.74) is 1.15. The molecule has 5 nitrogen and oxygen atoms in total. The molecule has 0 aliphatic heterocycles. The maximum absolute atomic E-state index is 12.1. The zero-order valence-corrected chi connectivity index (χ0v) is 12.8. The Balaban J connectivity index is 2.12. The molecule has 1 aromatic heterocycles. The van der Waals surface area contributed by atoms with Gasteiger partial charge in [-0.1, -0.05) is 0 Å². The molecule has 2 N–H and O–H groups in total. The molecule has 0 bridgehead atoms. The number of hydrogen-bond donors (Lipinski definition) is 2. The van der Waals surface area contributed by atoms with Gasteiger partial charge in [-0.25, -0.2) is 4.98 Å². The van der Waals surface area contributed by atoms with Crippen LogP contribution in [-0.4, -0.2) is 16.8 Å². The largest absolute Gasteiger partial charge is 0.322 e. The Morgan fingerprint density at radius 3 is 2.45 bits per heavy atom. The first-order chi connectivity index (χ1) is 9.54. The summed E-state index contributed by atoms with van der Waals surface area (Å²) in [6, 6.07) is 10.6. The second-order valence-electron chi connectivity index (χ2n) is 4.07. The molecule has 0 aliphatic carbocycles. The predicted molar refractivity (Wildman–Crippen MR) is 85.7 cm³/mol. The van der Waals surface area contributed by atoms with Crippen LogP contribution in [0.2, 0.25) is 0 Å². The Bertz CT molecular complexity index is 641. The van der Waals surface area contributed by atoms with Gasteiger partial charge in [0.1, 0.15) is 5.82 Å². The van der Waals surface area contributed by atoms with Crippen LogP contribution in [0.4, 0.5) is 11.5 Å². The Kier molecular flexibility index (Phi) is 4.67. The summed E-state index contributed by atoms with van der Waals surface area (Å²) in [6.45, 7) is 1.39. The van der Waals surface area contributed by atoms with Crippen molar-refractivity contribution in [2.24, 2.45) is 0 Å². The number of amides is 2. The Morgan fingerprint density at radius 1 is 1.10 bits per heavy atom. The van der Waals surface area contributed by atoms with Crippen LogP contribution in [0.15, 0.2) is 42.6 Å². The molecule has 0 aliphatic rings. The molecule has 2 aromatic rings. The monoisotopic (exact) mass is 381 g/mol. The van der Waals surface area contributed by atoms with Crippen LogP contribution >= 0.6 is 22.6 Å². The van der Waals surface area contributed by atoms with Gasteiger partial charge in [-0.05, 0) is 59.0 Å². The van der Waals surface area contributed by atoms with Gasteiger partial charge in [0.2, 0.25) is 5.91 Å². The standard InChI is InChI=1S/C14H12IN3O2/c1-9(19)17-13-8-10(6-7-16-13)14(20)18-12-4-2-11(15)3-5-12/h2-8H,1H3,(H,18,20)(H,16,17,19). The highest BCUT2D eigenvalue weighted by Gasteiger charge is 2.08. The number of hydrogen-bond acceptors (Lipinski definition) is 3. The number of nitrogens with zero attached hydrogens (tertiary/aromatic N) is 1. The number of pyridine rings is 1. The quantitative estimate of drug-likeness (QED) is 0.804. The lowest BCUT2D eigenvalue weighted by Gasteiger charge is -2.07. The third-order valence-corrected chi connectivity index (χ3v) is 3.15. The van der Waals surface area contributed by atoms with Gasteiger partial charge in [0.15, 0.2) is 0 Å². The molecule has 2 amide bonds. The van der Waals surface area contributed by atoms with Crippen molar-refractivity contribution in [3.63, 3.8) is 0 Å². The van der Waals surface area contributed by atoms with Crippen molar-refractivity contribution in [3.05, 3.63) is 51.7 Å². The highest BCUT2D eigenvalue weighted by molar-refractivity contribution is 14.1. The van der Waals surface area contributed by atoms with Crippen LogP contribution in [0.25, 0.3) is 0 Å². The molecular weight excluding hydrogens is 369 g/mol. The third-order valence-electron chi connectivity index (χ3n) is 2.43. The molecule has 20 heavy (non-hydrogen) atoms. The number of benzene rings is 1. The molecule has 1 aromatic carbocycles. The lowest BCUT2D eigenvalue weighted by molar-refractivity contribution is -0.114. The Hall–Kier alpha value is -1.96. The van der Waals surface area contributed by atoms with Gasteiger partial charge in [0.25, 0.3) is 5.91 Å². The molecule has 0 fully saturated rings. The summed E-state index contributed by atoms with van der Waals surface area (Å²) in [7, 11) is 0. The summed E-state index contributed by atoms with van der Waals surface area (Å²) in [5.74, 6) is -0.124. The minimum Gasteiger partial charge on any atom is -0.322 e. The van der Waals surface area contributed by atoms with Gasteiger partial charge in [0, 0.05) is 27.9 Å². The van der Waals surface area contributed by atoms with Crippen LogP contribution in [0.1, 0.15) is 17.3 Å².